The monoisotopic (exact) mass is 234 g/mol. The van der Waals surface area contributed by atoms with Crippen LogP contribution >= 0.6 is 11.8 Å². The van der Waals surface area contributed by atoms with Crippen LogP contribution in [0, 0.1) is 5.39 Å². The third kappa shape index (κ3) is 2.32. The zero-order valence-electron chi connectivity index (χ0n) is 8.20. The predicted molar refractivity (Wildman–Crippen MR) is 60.5 cm³/mol. The van der Waals surface area contributed by atoms with Crippen LogP contribution in [0.3, 0.4) is 0 Å². The number of oxazole rings is 1. The van der Waals surface area contributed by atoms with E-state index in [2.05, 4.69) is 9.96 Å². The Bertz CT molecular complexity index is 538. The zero-order valence-corrected chi connectivity index (χ0v) is 9.02. The van der Waals surface area contributed by atoms with Gasteiger partial charge in [-0.1, -0.05) is 23.9 Å². The molecule has 2 rings (SSSR count). The van der Waals surface area contributed by atoms with E-state index in [0.29, 0.717) is 10.8 Å². The fourth-order valence-corrected chi connectivity index (χ4v) is 1.81. The Balaban J connectivity index is 2.11. The average Bonchev–Trinajstić information content (AvgIpc) is 2.69. The molecule has 0 spiro atoms. The molecule has 0 aliphatic rings. The molecule has 0 unspecified atom stereocenters. The van der Waals surface area contributed by atoms with Crippen LogP contribution in [0.2, 0.25) is 0 Å². The summed E-state index contributed by atoms with van der Waals surface area (Å²) >= 11 is 1.23. The number of benzene rings is 1. The van der Waals surface area contributed by atoms with Crippen molar-refractivity contribution in [1.29, 1.82) is 5.39 Å². The van der Waals surface area contributed by atoms with Crippen LogP contribution in [-0.4, -0.2) is 15.8 Å². The van der Waals surface area contributed by atoms with Gasteiger partial charge in [-0.3, -0.25) is 0 Å². The van der Waals surface area contributed by atoms with Crippen molar-refractivity contribution in [1.82, 2.24) is 4.98 Å². The number of fused-ring (bicyclic) bond motifs is 1. The Kier molecular flexibility index (Phi) is 3.08. The molecule has 1 heterocycles. The molecular formula is C10H8N3O2S+. The smallest absolute Gasteiger partial charge is 0.388 e. The lowest BCUT2D eigenvalue weighted by molar-refractivity contribution is 0.416. The molecule has 1 N–H and O–H groups in total. The van der Waals surface area contributed by atoms with Crippen molar-refractivity contribution in [2.45, 2.75) is 5.22 Å². The zero-order chi connectivity index (χ0) is 11.4. The minimum absolute atomic E-state index is 0.0465. The van der Waals surface area contributed by atoms with Crippen molar-refractivity contribution in [2.24, 2.45) is 0 Å². The highest BCUT2D eigenvalue weighted by Crippen LogP contribution is 2.24. The largest absolute Gasteiger partial charge is 0.505 e. The second kappa shape index (κ2) is 4.68. The van der Waals surface area contributed by atoms with Gasteiger partial charge in [0, 0.05) is 0 Å². The summed E-state index contributed by atoms with van der Waals surface area (Å²) < 4.78 is 5.42. The molecule has 80 valence electrons. The number of aromatic nitrogens is 1. The molecule has 0 atom stereocenters. The maximum absolute atomic E-state index is 9.20. The molecule has 0 aliphatic heterocycles. The second-order valence-electron chi connectivity index (χ2n) is 2.97. The van der Waals surface area contributed by atoms with Crippen LogP contribution in [0.1, 0.15) is 0 Å². The molecule has 0 radical (unpaired) electrons. The van der Waals surface area contributed by atoms with Gasteiger partial charge in [0.2, 0.25) is 5.39 Å². The summed E-state index contributed by atoms with van der Waals surface area (Å²) in [5.41, 5.74) is 1.49. The van der Waals surface area contributed by atoms with E-state index >= 15 is 0 Å². The lowest BCUT2D eigenvalue weighted by Gasteiger charge is -1.90. The highest BCUT2D eigenvalue weighted by atomic mass is 32.2. The molecule has 1 aromatic carbocycles. The average molecular weight is 234 g/mol. The van der Waals surface area contributed by atoms with Crippen LogP contribution in [0.4, 0.5) is 0 Å². The van der Waals surface area contributed by atoms with Gasteiger partial charge >= 0.3 is 6.20 Å². The SMILES string of the molecule is N#[N+]/C=C(\O)CSc1nc2ccccc2o1. The van der Waals surface area contributed by atoms with Gasteiger partial charge in [-0.2, -0.15) is 0 Å². The summed E-state index contributed by atoms with van der Waals surface area (Å²) in [4.78, 5) is 6.92. The lowest BCUT2D eigenvalue weighted by atomic mass is 10.3. The van der Waals surface area contributed by atoms with E-state index in [1.54, 1.807) is 0 Å². The molecule has 6 heteroatoms. The molecule has 0 fully saturated rings. The van der Waals surface area contributed by atoms with E-state index in [-0.39, 0.29) is 11.5 Å². The maximum Gasteiger partial charge on any atom is 0.388 e. The standard InChI is InChI=1S/C10H7N3O2S/c11-12-5-7(14)6-16-10-13-8-3-1-2-4-9(8)15-10/h1-5H,6H2/p+1/b7-5-. The number of diazo groups is 1. The van der Waals surface area contributed by atoms with Gasteiger partial charge in [0.05, 0.1) is 5.75 Å². The van der Waals surface area contributed by atoms with Crippen molar-refractivity contribution < 1.29 is 9.52 Å². The Hall–Kier alpha value is -2.00. The molecule has 16 heavy (non-hydrogen) atoms. The number of hydrogen-bond acceptors (Lipinski definition) is 5. The lowest BCUT2D eigenvalue weighted by Crippen LogP contribution is -1.83. The first-order valence-electron chi connectivity index (χ1n) is 4.50. The van der Waals surface area contributed by atoms with Gasteiger partial charge < -0.3 is 9.52 Å². The van der Waals surface area contributed by atoms with Crippen LogP contribution < -0.4 is 0 Å². The first-order chi connectivity index (χ1) is 7.79. The second-order valence-corrected chi connectivity index (χ2v) is 3.90. The number of aliphatic hydroxyl groups is 1. The Morgan fingerprint density at radius 3 is 3.12 bits per heavy atom. The number of thioether (sulfide) groups is 1. The number of aliphatic hydroxyl groups excluding tert-OH is 1. The van der Waals surface area contributed by atoms with Crippen LogP contribution in [-0.2, 0) is 0 Å². The van der Waals surface area contributed by atoms with E-state index in [9.17, 15) is 5.11 Å². The summed E-state index contributed by atoms with van der Waals surface area (Å²) in [6.45, 7) is 0. The molecule has 0 saturated heterocycles. The van der Waals surface area contributed by atoms with Crippen LogP contribution in [0.15, 0.2) is 45.9 Å². The quantitative estimate of drug-likeness (QED) is 0.501. The van der Waals surface area contributed by atoms with Crippen LogP contribution in [0.5, 0.6) is 0 Å². The molecule has 5 nitrogen and oxygen atoms in total. The first kappa shape index (κ1) is 10.5. The predicted octanol–water partition coefficient (Wildman–Crippen LogP) is 3.17. The van der Waals surface area contributed by atoms with Gasteiger partial charge in [0.15, 0.2) is 16.3 Å². The van der Waals surface area contributed by atoms with E-state index in [1.165, 1.54) is 11.8 Å². The van der Waals surface area contributed by atoms with Gasteiger partial charge in [0.1, 0.15) is 5.52 Å². The fourth-order valence-electron chi connectivity index (χ4n) is 1.15. The number of nitrogens with zero attached hydrogens (tertiary/aromatic N) is 3. The summed E-state index contributed by atoms with van der Waals surface area (Å²) in [6, 6.07) is 7.41. The van der Waals surface area contributed by atoms with Crippen molar-refractivity contribution in [3.8, 4) is 0 Å². The summed E-state index contributed by atoms with van der Waals surface area (Å²) in [5.74, 6) is 0.200. The molecule has 1 aromatic heterocycles. The normalized spacial score (nSPS) is 11.6. The Morgan fingerprint density at radius 2 is 2.38 bits per heavy atom. The highest BCUT2D eigenvalue weighted by molar-refractivity contribution is 7.99. The van der Waals surface area contributed by atoms with Gasteiger partial charge in [0.25, 0.3) is 5.22 Å². The fraction of sp³-hybridized carbons (Fsp3) is 0.100. The molecular weight excluding hydrogens is 226 g/mol. The Morgan fingerprint density at radius 1 is 1.56 bits per heavy atom. The van der Waals surface area contributed by atoms with Crippen molar-refractivity contribution in [2.75, 3.05) is 5.75 Å². The van der Waals surface area contributed by atoms with Crippen molar-refractivity contribution in [3.05, 3.63) is 41.2 Å². The van der Waals surface area contributed by atoms with E-state index in [4.69, 9.17) is 9.81 Å². The minimum atomic E-state index is -0.0465. The Labute approximate surface area is 95.4 Å². The molecule has 0 amide bonds. The topological polar surface area (TPSA) is 74.4 Å². The third-order valence-corrected chi connectivity index (χ3v) is 2.69. The number of rotatable bonds is 3. The van der Waals surface area contributed by atoms with E-state index in [1.807, 2.05) is 24.3 Å². The third-order valence-electron chi connectivity index (χ3n) is 1.82. The number of para-hydroxylation sites is 2. The minimum Gasteiger partial charge on any atom is -0.505 e. The molecule has 0 aliphatic carbocycles. The molecule has 0 bridgehead atoms. The molecule has 0 saturated carbocycles. The first-order valence-corrected chi connectivity index (χ1v) is 5.49. The molecule has 2 aromatic rings. The maximum atomic E-state index is 9.20. The summed E-state index contributed by atoms with van der Waals surface area (Å²) in [6.07, 6.45) is 0.968. The van der Waals surface area contributed by atoms with E-state index in [0.717, 1.165) is 11.7 Å². The van der Waals surface area contributed by atoms with E-state index < -0.39 is 0 Å². The summed E-state index contributed by atoms with van der Waals surface area (Å²) in [5, 5.41) is 17.9. The van der Waals surface area contributed by atoms with Gasteiger partial charge in [-0.05, 0) is 12.1 Å². The summed E-state index contributed by atoms with van der Waals surface area (Å²) in [7, 11) is 0. The number of hydrogen-bond donors (Lipinski definition) is 1. The van der Waals surface area contributed by atoms with Crippen molar-refractivity contribution >= 4 is 22.9 Å². The van der Waals surface area contributed by atoms with Crippen LogP contribution in [0.25, 0.3) is 16.1 Å². The van der Waals surface area contributed by atoms with Gasteiger partial charge in [-0.15, -0.1) is 0 Å². The van der Waals surface area contributed by atoms with Gasteiger partial charge in [-0.25, -0.2) is 4.98 Å². The highest BCUT2D eigenvalue weighted by Gasteiger charge is 2.08. The van der Waals surface area contributed by atoms with Crippen molar-refractivity contribution in [3.63, 3.8) is 0 Å².